The number of hydrogen-bond acceptors (Lipinski definition) is 5. The van der Waals surface area contributed by atoms with Gasteiger partial charge in [-0.05, 0) is 66.2 Å². The van der Waals surface area contributed by atoms with Crippen LogP contribution in [0.5, 0.6) is 11.5 Å². The third-order valence-corrected chi connectivity index (χ3v) is 6.06. The standard InChI is InChI=1S/C28H19F3N4O2/c1-36-20-11-5-17(6-12-20)25-22(15-32)23(16-3-9-19(10-4-16)28(29,30)31)24-26(34-35-27(24)33-25)18-7-13-21(37-2)14-8-18/h3-14H,1-2H3,(H,33,34,35). The molecule has 37 heavy (non-hydrogen) atoms. The summed E-state index contributed by atoms with van der Waals surface area (Å²) in [6.07, 6.45) is -4.48. The lowest BCUT2D eigenvalue weighted by molar-refractivity contribution is -0.137. The van der Waals surface area contributed by atoms with Crippen molar-refractivity contribution < 1.29 is 22.6 Å². The van der Waals surface area contributed by atoms with Crippen molar-refractivity contribution in [1.82, 2.24) is 15.2 Å². The van der Waals surface area contributed by atoms with Crippen LogP contribution in [0.4, 0.5) is 13.2 Å². The summed E-state index contributed by atoms with van der Waals surface area (Å²) in [6.45, 7) is 0. The molecule has 1 N–H and O–H groups in total. The number of aromatic amines is 1. The van der Waals surface area contributed by atoms with Gasteiger partial charge in [-0.2, -0.15) is 23.5 Å². The van der Waals surface area contributed by atoms with Crippen molar-refractivity contribution in [3.05, 3.63) is 83.9 Å². The first kappa shape index (κ1) is 23.9. The number of pyridine rings is 1. The van der Waals surface area contributed by atoms with Crippen molar-refractivity contribution in [1.29, 1.82) is 5.26 Å². The van der Waals surface area contributed by atoms with Crippen LogP contribution < -0.4 is 9.47 Å². The third kappa shape index (κ3) is 4.34. The second kappa shape index (κ2) is 9.32. The van der Waals surface area contributed by atoms with Crippen LogP contribution in [-0.4, -0.2) is 29.4 Å². The summed E-state index contributed by atoms with van der Waals surface area (Å²) in [4.78, 5) is 4.68. The SMILES string of the molecule is COc1ccc(-c2nc3n[nH]c(-c4ccc(OC)cc4)c3c(-c3ccc(C(F)(F)F)cc3)c2C#N)cc1. The van der Waals surface area contributed by atoms with Crippen molar-refractivity contribution >= 4 is 11.0 Å². The molecule has 184 valence electrons. The van der Waals surface area contributed by atoms with E-state index in [1.165, 1.54) is 12.1 Å². The van der Waals surface area contributed by atoms with Gasteiger partial charge in [0, 0.05) is 16.7 Å². The molecule has 3 aromatic carbocycles. The molecule has 0 radical (unpaired) electrons. The Morgan fingerprint density at radius 2 is 1.32 bits per heavy atom. The normalized spacial score (nSPS) is 11.4. The Kier molecular flexibility index (Phi) is 6.01. The number of nitrogens with zero attached hydrogens (tertiary/aromatic N) is 3. The lowest BCUT2D eigenvalue weighted by Crippen LogP contribution is -2.04. The van der Waals surface area contributed by atoms with Crippen LogP contribution in [0, 0.1) is 11.3 Å². The topological polar surface area (TPSA) is 83.8 Å². The summed E-state index contributed by atoms with van der Waals surface area (Å²) in [5.74, 6) is 1.29. The monoisotopic (exact) mass is 500 g/mol. The zero-order valence-electron chi connectivity index (χ0n) is 19.7. The van der Waals surface area contributed by atoms with Gasteiger partial charge < -0.3 is 9.47 Å². The molecular weight excluding hydrogens is 481 g/mol. The van der Waals surface area contributed by atoms with Gasteiger partial charge in [0.2, 0.25) is 0 Å². The number of fused-ring (bicyclic) bond motifs is 1. The molecule has 0 aliphatic rings. The van der Waals surface area contributed by atoms with Crippen LogP contribution >= 0.6 is 0 Å². The van der Waals surface area contributed by atoms with Crippen molar-refractivity contribution in [2.45, 2.75) is 6.18 Å². The molecule has 0 atom stereocenters. The number of nitriles is 1. The quantitative estimate of drug-likeness (QED) is 0.285. The average Bonchev–Trinajstić information content (AvgIpc) is 3.35. The first-order valence-electron chi connectivity index (χ1n) is 11.1. The fourth-order valence-corrected chi connectivity index (χ4v) is 4.20. The number of benzene rings is 3. The van der Waals surface area contributed by atoms with E-state index in [4.69, 9.17) is 9.47 Å². The Morgan fingerprint density at radius 1 is 0.784 bits per heavy atom. The summed E-state index contributed by atoms with van der Waals surface area (Å²) < 4.78 is 50.3. The molecule has 2 heterocycles. The van der Waals surface area contributed by atoms with E-state index < -0.39 is 11.7 Å². The fourth-order valence-electron chi connectivity index (χ4n) is 4.20. The van der Waals surface area contributed by atoms with E-state index in [9.17, 15) is 18.4 Å². The number of methoxy groups -OCH3 is 2. The molecule has 9 heteroatoms. The smallest absolute Gasteiger partial charge is 0.416 e. The van der Waals surface area contributed by atoms with Gasteiger partial charge in [0.15, 0.2) is 5.65 Å². The Labute approximate surface area is 209 Å². The molecule has 0 saturated carbocycles. The number of H-pyrrole nitrogens is 1. The second-order valence-corrected chi connectivity index (χ2v) is 8.15. The molecule has 0 bridgehead atoms. The lowest BCUT2D eigenvalue weighted by atomic mass is 9.91. The molecule has 0 aliphatic carbocycles. The molecule has 0 unspecified atom stereocenters. The maximum atomic E-state index is 13.3. The van der Waals surface area contributed by atoms with Gasteiger partial charge in [0.25, 0.3) is 0 Å². The second-order valence-electron chi connectivity index (χ2n) is 8.15. The number of ether oxygens (including phenoxy) is 2. The molecule has 6 nitrogen and oxygen atoms in total. The number of rotatable bonds is 5. The highest BCUT2D eigenvalue weighted by atomic mass is 19.4. The third-order valence-electron chi connectivity index (χ3n) is 6.06. The van der Waals surface area contributed by atoms with Gasteiger partial charge in [-0.3, -0.25) is 5.10 Å². The van der Waals surface area contributed by atoms with E-state index >= 15 is 0 Å². The van der Waals surface area contributed by atoms with Gasteiger partial charge in [0.1, 0.15) is 17.6 Å². The first-order valence-corrected chi connectivity index (χ1v) is 11.1. The van der Waals surface area contributed by atoms with E-state index in [1.54, 1.807) is 50.6 Å². The molecule has 2 aromatic heterocycles. The maximum absolute atomic E-state index is 13.3. The van der Waals surface area contributed by atoms with Gasteiger partial charge in [-0.25, -0.2) is 4.98 Å². The van der Waals surface area contributed by atoms with Crippen LogP contribution in [0.15, 0.2) is 72.8 Å². The highest BCUT2D eigenvalue weighted by Crippen LogP contribution is 2.41. The van der Waals surface area contributed by atoms with Gasteiger partial charge >= 0.3 is 6.18 Å². The predicted molar refractivity (Wildman–Crippen MR) is 133 cm³/mol. The van der Waals surface area contributed by atoms with Crippen molar-refractivity contribution in [3.8, 4) is 51.2 Å². The van der Waals surface area contributed by atoms with E-state index in [0.29, 0.717) is 50.6 Å². The fraction of sp³-hybridized carbons (Fsp3) is 0.107. The predicted octanol–water partition coefficient (Wildman–Crippen LogP) is 6.87. The van der Waals surface area contributed by atoms with Crippen LogP contribution in [0.2, 0.25) is 0 Å². The summed E-state index contributed by atoms with van der Waals surface area (Å²) >= 11 is 0. The molecule has 0 fully saturated rings. The number of halogens is 3. The molecule has 0 aliphatic heterocycles. The molecule has 0 amide bonds. The molecule has 0 saturated heterocycles. The van der Waals surface area contributed by atoms with Crippen molar-refractivity contribution in [2.75, 3.05) is 14.2 Å². The molecule has 5 aromatic rings. The minimum atomic E-state index is -4.48. The maximum Gasteiger partial charge on any atom is 0.416 e. The summed E-state index contributed by atoms with van der Waals surface area (Å²) in [5.41, 5.74) is 2.96. The zero-order valence-corrected chi connectivity index (χ0v) is 19.7. The van der Waals surface area contributed by atoms with Crippen molar-refractivity contribution in [3.63, 3.8) is 0 Å². The van der Waals surface area contributed by atoms with Gasteiger partial charge in [-0.1, -0.05) is 12.1 Å². The van der Waals surface area contributed by atoms with Crippen LogP contribution in [0.3, 0.4) is 0 Å². The Hall–Kier alpha value is -4.84. The van der Waals surface area contributed by atoms with E-state index in [2.05, 4.69) is 21.3 Å². The number of aromatic nitrogens is 3. The first-order chi connectivity index (χ1) is 17.8. The van der Waals surface area contributed by atoms with E-state index in [1.807, 2.05) is 12.1 Å². The number of alkyl halides is 3. The summed E-state index contributed by atoms with van der Waals surface area (Å²) in [5, 5.41) is 18.2. The Bertz CT molecular complexity index is 1620. The average molecular weight is 500 g/mol. The Morgan fingerprint density at radius 3 is 1.84 bits per heavy atom. The zero-order chi connectivity index (χ0) is 26.2. The van der Waals surface area contributed by atoms with Gasteiger partial charge in [-0.15, -0.1) is 0 Å². The summed E-state index contributed by atoms with van der Waals surface area (Å²) in [7, 11) is 3.11. The Balaban J connectivity index is 1.81. The molecule has 0 spiro atoms. The van der Waals surface area contributed by atoms with Crippen molar-refractivity contribution in [2.24, 2.45) is 0 Å². The van der Waals surface area contributed by atoms with E-state index in [0.717, 1.165) is 17.7 Å². The largest absolute Gasteiger partial charge is 0.497 e. The molecular formula is C28H19F3N4O2. The van der Waals surface area contributed by atoms with Crippen LogP contribution in [0.25, 0.3) is 44.7 Å². The highest BCUT2D eigenvalue weighted by molar-refractivity contribution is 6.06. The number of nitrogens with one attached hydrogen (secondary N) is 1. The minimum absolute atomic E-state index is 0.216. The van der Waals surface area contributed by atoms with Crippen LogP contribution in [0.1, 0.15) is 11.1 Å². The minimum Gasteiger partial charge on any atom is -0.497 e. The number of hydrogen-bond donors (Lipinski definition) is 1. The summed E-state index contributed by atoms with van der Waals surface area (Å²) in [6, 6.07) is 21.2. The highest BCUT2D eigenvalue weighted by Gasteiger charge is 2.30. The van der Waals surface area contributed by atoms with E-state index in [-0.39, 0.29) is 5.56 Å². The lowest BCUT2D eigenvalue weighted by Gasteiger charge is -2.14. The van der Waals surface area contributed by atoms with Gasteiger partial charge in [0.05, 0.1) is 42.1 Å². The molecule has 5 rings (SSSR count). The van der Waals surface area contributed by atoms with Crippen LogP contribution in [-0.2, 0) is 6.18 Å².